The molecule has 23 heavy (non-hydrogen) atoms. The molecule has 0 unspecified atom stereocenters. The van der Waals surface area contributed by atoms with E-state index in [2.05, 4.69) is 9.97 Å². The highest BCUT2D eigenvalue weighted by Gasteiger charge is 2.19. The smallest absolute Gasteiger partial charge is 0.254 e. The van der Waals surface area contributed by atoms with E-state index >= 15 is 0 Å². The fraction of sp³-hybridized carbons (Fsp3) is 0.0714. The van der Waals surface area contributed by atoms with Crippen molar-refractivity contribution in [2.75, 3.05) is 0 Å². The van der Waals surface area contributed by atoms with Gasteiger partial charge in [-0.2, -0.15) is 0 Å². The van der Waals surface area contributed by atoms with E-state index in [4.69, 9.17) is 10.5 Å². The number of carbonyl (C=O) groups excluding carboxylic acids is 1. The van der Waals surface area contributed by atoms with E-state index in [1.807, 2.05) is 13.9 Å². The molecule has 3 aromatic rings. The Hall–Kier alpha value is -2.55. The second-order valence-corrected chi connectivity index (χ2v) is 5.89. The molecular formula is C14H10BF2N3O2S. The first kappa shape index (κ1) is 15.4. The summed E-state index contributed by atoms with van der Waals surface area (Å²) in [6, 6.07) is 3.92. The summed E-state index contributed by atoms with van der Waals surface area (Å²) in [6.45, 7) is -0.0270. The maximum absolute atomic E-state index is 14.0. The fourth-order valence-electron chi connectivity index (χ4n) is 2.04. The predicted molar refractivity (Wildman–Crippen MR) is 84.8 cm³/mol. The Bertz CT molecular complexity index is 916. The van der Waals surface area contributed by atoms with Crippen molar-refractivity contribution in [3.63, 3.8) is 0 Å². The van der Waals surface area contributed by atoms with Gasteiger partial charge in [0.25, 0.3) is 5.91 Å². The quantitative estimate of drug-likeness (QED) is 0.720. The standard InChI is InChI=1S/C14H10BF2N3O2S/c15-6-3-8-14(19-4-6)23-10(20-8)5-22-9-2-1-7(16)11(12(9)17)13(18)21/h1-4H,5,15H2,(H2,18,21). The van der Waals surface area contributed by atoms with Crippen molar-refractivity contribution >= 4 is 40.9 Å². The van der Waals surface area contributed by atoms with Gasteiger partial charge in [-0.05, 0) is 18.2 Å². The minimum absolute atomic E-state index is 0.0270. The number of hydrogen-bond donors (Lipinski definition) is 1. The van der Waals surface area contributed by atoms with Crippen LogP contribution in [0.1, 0.15) is 15.4 Å². The highest BCUT2D eigenvalue weighted by molar-refractivity contribution is 7.18. The molecule has 0 atom stereocenters. The molecule has 0 bridgehead atoms. The van der Waals surface area contributed by atoms with Gasteiger partial charge in [-0.25, -0.2) is 18.7 Å². The van der Waals surface area contributed by atoms with Crippen molar-refractivity contribution in [2.45, 2.75) is 6.61 Å². The summed E-state index contributed by atoms with van der Waals surface area (Å²) in [5, 5.41) is 0.586. The first-order valence-corrected chi connectivity index (χ1v) is 7.40. The monoisotopic (exact) mass is 333 g/mol. The van der Waals surface area contributed by atoms with E-state index in [9.17, 15) is 13.6 Å². The molecule has 2 aromatic heterocycles. The number of pyridine rings is 1. The molecule has 9 heteroatoms. The van der Waals surface area contributed by atoms with Crippen molar-refractivity contribution < 1.29 is 18.3 Å². The molecule has 5 nitrogen and oxygen atoms in total. The Morgan fingerprint density at radius 1 is 1.39 bits per heavy atom. The number of rotatable bonds is 4. The van der Waals surface area contributed by atoms with E-state index in [0.29, 0.717) is 5.01 Å². The normalized spacial score (nSPS) is 10.9. The van der Waals surface area contributed by atoms with Gasteiger partial charge in [-0.3, -0.25) is 4.79 Å². The Morgan fingerprint density at radius 2 is 2.17 bits per heavy atom. The summed E-state index contributed by atoms with van der Waals surface area (Å²) in [5.74, 6) is -3.59. The van der Waals surface area contributed by atoms with Crippen LogP contribution in [0.15, 0.2) is 24.4 Å². The van der Waals surface area contributed by atoms with Crippen molar-refractivity contribution in [1.82, 2.24) is 9.97 Å². The number of thiazole rings is 1. The molecule has 0 saturated heterocycles. The summed E-state index contributed by atoms with van der Waals surface area (Å²) >= 11 is 1.31. The van der Waals surface area contributed by atoms with Crippen molar-refractivity contribution in [2.24, 2.45) is 5.73 Å². The lowest BCUT2D eigenvalue weighted by molar-refractivity contribution is 0.0991. The van der Waals surface area contributed by atoms with Crippen LogP contribution in [0.3, 0.4) is 0 Å². The number of amides is 1. The van der Waals surface area contributed by atoms with E-state index in [1.165, 1.54) is 11.3 Å². The molecule has 1 amide bonds. The largest absolute Gasteiger partial charge is 0.483 e. The molecule has 0 spiro atoms. The molecule has 0 fully saturated rings. The number of primary amides is 1. The summed E-state index contributed by atoms with van der Waals surface area (Å²) < 4.78 is 32.8. The molecule has 2 heterocycles. The van der Waals surface area contributed by atoms with Crippen LogP contribution >= 0.6 is 11.3 Å². The van der Waals surface area contributed by atoms with Crippen LogP contribution in [0.4, 0.5) is 8.78 Å². The SMILES string of the molecule is Bc1cnc2sc(COc3ccc(F)c(C(N)=O)c3F)nc2c1. The van der Waals surface area contributed by atoms with Crippen LogP contribution in [0, 0.1) is 11.6 Å². The number of nitrogens with two attached hydrogens (primary N) is 1. The third-order valence-electron chi connectivity index (χ3n) is 3.08. The number of nitrogens with zero attached hydrogens (tertiary/aromatic N) is 2. The van der Waals surface area contributed by atoms with E-state index in [1.54, 1.807) is 6.20 Å². The van der Waals surface area contributed by atoms with Crippen molar-refractivity contribution in [3.8, 4) is 5.75 Å². The molecule has 2 N–H and O–H groups in total. The summed E-state index contributed by atoms with van der Waals surface area (Å²) in [6.07, 6.45) is 1.73. The van der Waals surface area contributed by atoms with Gasteiger partial charge in [0.2, 0.25) is 0 Å². The molecule has 0 saturated carbocycles. The minimum Gasteiger partial charge on any atom is -0.483 e. The van der Waals surface area contributed by atoms with E-state index in [0.717, 1.165) is 27.9 Å². The van der Waals surface area contributed by atoms with Gasteiger partial charge < -0.3 is 10.5 Å². The Balaban J connectivity index is 1.85. The molecule has 3 rings (SSSR count). The third kappa shape index (κ3) is 3.00. The summed E-state index contributed by atoms with van der Waals surface area (Å²) in [7, 11) is 1.90. The third-order valence-corrected chi connectivity index (χ3v) is 4.03. The van der Waals surface area contributed by atoms with Crippen LogP contribution in [0.25, 0.3) is 10.3 Å². The number of carbonyl (C=O) groups is 1. The number of halogens is 2. The molecular weight excluding hydrogens is 323 g/mol. The molecule has 0 aliphatic carbocycles. The summed E-state index contributed by atoms with van der Waals surface area (Å²) in [4.78, 5) is 20.4. The van der Waals surface area contributed by atoms with Gasteiger partial charge in [-0.1, -0.05) is 16.8 Å². The molecule has 1 aromatic carbocycles. The maximum atomic E-state index is 14.0. The number of ether oxygens (including phenoxy) is 1. The highest BCUT2D eigenvalue weighted by Crippen LogP contribution is 2.25. The number of fused-ring (bicyclic) bond motifs is 1. The van der Waals surface area contributed by atoms with Crippen molar-refractivity contribution in [1.29, 1.82) is 0 Å². The van der Waals surface area contributed by atoms with Crippen LogP contribution in [0.2, 0.25) is 0 Å². The lowest BCUT2D eigenvalue weighted by atomic mass is 9.99. The zero-order chi connectivity index (χ0) is 16.6. The fourth-order valence-corrected chi connectivity index (χ4v) is 2.84. The molecule has 116 valence electrons. The average Bonchev–Trinajstić information content (AvgIpc) is 2.88. The zero-order valence-electron chi connectivity index (χ0n) is 12.0. The topological polar surface area (TPSA) is 78.1 Å². The Morgan fingerprint density at radius 3 is 2.91 bits per heavy atom. The van der Waals surface area contributed by atoms with Gasteiger partial charge in [0.05, 0.1) is 5.52 Å². The second-order valence-electron chi connectivity index (χ2n) is 4.83. The Kier molecular flexibility index (Phi) is 3.95. The lowest BCUT2D eigenvalue weighted by Gasteiger charge is -2.08. The first-order valence-electron chi connectivity index (χ1n) is 6.58. The van der Waals surface area contributed by atoms with E-state index < -0.39 is 23.1 Å². The first-order chi connectivity index (χ1) is 11.0. The molecule has 0 aliphatic heterocycles. The molecule has 0 aliphatic rings. The second kappa shape index (κ2) is 5.92. The van der Waals surface area contributed by atoms with Crippen LogP contribution in [0.5, 0.6) is 5.75 Å². The van der Waals surface area contributed by atoms with Crippen LogP contribution in [-0.2, 0) is 6.61 Å². The highest BCUT2D eigenvalue weighted by atomic mass is 32.1. The predicted octanol–water partition coefficient (Wildman–Crippen LogP) is 0.906. The van der Waals surface area contributed by atoms with Gasteiger partial charge >= 0.3 is 0 Å². The minimum atomic E-state index is -1.19. The molecule has 0 radical (unpaired) electrons. The lowest BCUT2D eigenvalue weighted by Crippen LogP contribution is -2.16. The van der Waals surface area contributed by atoms with Crippen LogP contribution in [-0.4, -0.2) is 23.7 Å². The maximum Gasteiger partial charge on any atom is 0.254 e. The van der Waals surface area contributed by atoms with E-state index in [-0.39, 0.29) is 12.4 Å². The van der Waals surface area contributed by atoms with Gasteiger partial charge in [0, 0.05) is 6.20 Å². The van der Waals surface area contributed by atoms with Gasteiger partial charge in [-0.15, -0.1) is 0 Å². The zero-order valence-corrected chi connectivity index (χ0v) is 12.8. The Labute approximate surface area is 134 Å². The number of hydrogen-bond acceptors (Lipinski definition) is 5. The summed E-state index contributed by atoms with van der Waals surface area (Å²) in [5.41, 5.74) is 5.85. The van der Waals surface area contributed by atoms with Crippen LogP contribution < -0.4 is 15.9 Å². The number of benzene rings is 1. The van der Waals surface area contributed by atoms with Crippen molar-refractivity contribution in [3.05, 3.63) is 46.6 Å². The van der Waals surface area contributed by atoms with Gasteiger partial charge in [0.1, 0.15) is 35.7 Å². The number of aromatic nitrogens is 2. The average molecular weight is 333 g/mol. The van der Waals surface area contributed by atoms with Gasteiger partial charge in [0.15, 0.2) is 11.6 Å².